The molecule has 1 amide bonds. The molecule has 0 bridgehead atoms. The molecule has 0 fully saturated rings. The van der Waals surface area contributed by atoms with Crippen LogP contribution < -0.4 is 14.9 Å². The van der Waals surface area contributed by atoms with Gasteiger partial charge >= 0.3 is 5.97 Å². The monoisotopic (exact) mass is 768 g/mol. The number of benzene rings is 3. The molecule has 0 spiro atoms. The number of hydrazone groups is 1. The van der Waals surface area contributed by atoms with Gasteiger partial charge in [-0.2, -0.15) is 5.10 Å². The van der Waals surface area contributed by atoms with Gasteiger partial charge in [-0.1, -0.05) is 74.8 Å². The lowest BCUT2D eigenvalue weighted by Crippen LogP contribution is -2.25. The van der Waals surface area contributed by atoms with Crippen molar-refractivity contribution in [2.75, 3.05) is 6.61 Å². The predicted octanol–water partition coefficient (Wildman–Crippen LogP) is 8.28. The fourth-order valence-corrected chi connectivity index (χ4v) is 6.29. The van der Waals surface area contributed by atoms with Crippen molar-refractivity contribution in [3.8, 4) is 11.5 Å². The first-order chi connectivity index (χ1) is 18.2. The van der Waals surface area contributed by atoms with Gasteiger partial charge in [0.1, 0.15) is 5.75 Å². The first-order valence-corrected chi connectivity index (χ1v) is 14.9. The Morgan fingerprint density at radius 3 is 2.31 bits per heavy atom. The van der Waals surface area contributed by atoms with Crippen LogP contribution in [0, 0.1) is 8.99 Å². The molecule has 0 aliphatic heterocycles. The summed E-state index contributed by atoms with van der Waals surface area (Å²) in [6.07, 6.45) is 2.46. The lowest BCUT2D eigenvalue weighted by Gasteiger charge is -2.33. The molecule has 206 valence electrons. The Labute approximate surface area is 260 Å². The van der Waals surface area contributed by atoms with Gasteiger partial charge in [0, 0.05) is 13.6 Å². The second kappa shape index (κ2) is 13.4. The van der Waals surface area contributed by atoms with E-state index in [1.54, 1.807) is 24.3 Å². The summed E-state index contributed by atoms with van der Waals surface area (Å²) in [6.45, 7) is 11.0. The summed E-state index contributed by atoms with van der Waals surface area (Å²) < 4.78 is 13.4. The van der Waals surface area contributed by atoms with E-state index in [0.717, 1.165) is 14.5 Å². The number of nitrogens with zero attached hydrogens (tertiary/aromatic N) is 1. The predicted molar refractivity (Wildman–Crippen MR) is 171 cm³/mol. The van der Waals surface area contributed by atoms with Crippen LogP contribution in [0.25, 0.3) is 0 Å². The highest BCUT2D eigenvalue weighted by molar-refractivity contribution is 14.1. The first-order valence-electron chi connectivity index (χ1n) is 12.3. The lowest BCUT2D eigenvalue weighted by atomic mass is 9.72. The molecule has 6 nitrogen and oxygen atoms in total. The van der Waals surface area contributed by atoms with Crippen LogP contribution in [-0.4, -0.2) is 24.7 Å². The third-order valence-corrected chi connectivity index (χ3v) is 7.68. The molecule has 0 saturated carbocycles. The molecule has 3 aromatic carbocycles. The number of carbonyl (C=O) groups is 2. The Morgan fingerprint density at radius 2 is 1.67 bits per heavy atom. The van der Waals surface area contributed by atoms with Crippen molar-refractivity contribution >= 4 is 72.5 Å². The van der Waals surface area contributed by atoms with Gasteiger partial charge in [-0.05, 0) is 97.7 Å². The van der Waals surface area contributed by atoms with Crippen molar-refractivity contribution in [3.63, 3.8) is 0 Å². The van der Waals surface area contributed by atoms with Crippen LogP contribution in [0.15, 0.2) is 74.7 Å². The second-order valence-electron chi connectivity index (χ2n) is 10.9. The van der Waals surface area contributed by atoms with Gasteiger partial charge in [-0.3, -0.25) is 4.79 Å². The molecule has 39 heavy (non-hydrogen) atoms. The topological polar surface area (TPSA) is 77.0 Å². The zero-order chi connectivity index (χ0) is 28.8. The number of halogens is 3. The normalized spacial score (nSPS) is 11.9. The molecule has 0 radical (unpaired) electrons. The Kier molecular flexibility index (Phi) is 10.8. The van der Waals surface area contributed by atoms with E-state index in [4.69, 9.17) is 9.47 Å². The van der Waals surface area contributed by atoms with Crippen LogP contribution in [0.3, 0.4) is 0 Å². The molecular formula is C30H31Br2IN2O4. The van der Waals surface area contributed by atoms with Gasteiger partial charge in [-0.15, -0.1) is 0 Å². The molecule has 3 aromatic rings. The van der Waals surface area contributed by atoms with E-state index in [2.05, 4.69) is 99.6 Å². The van der Waals surface area contributed by atoms with Crippen molar-refractivity contribution in [2.45, 2.75) is 46.5 Å². The number of amides is 1. The second-order valence-corrected chi connectivity index (χ2v) is 13.8. The Morgan fingerprint density at radius 1 is 1.00 bits per heavy atom. The Bertz CT molecular complexity index is 1370. The molecule has 0 saturated heterocycles. The smallest absolute Gasteiger partial charge is 0.344 e. The van der Waals surface area contributed by atoms with Crippen molar-refractivity contribution in [3.05, 3.63) is 89.9 Å². The number of hydrogen-bond donors (Lipinski definition) is 1. The summed E-state index contributed by atoms with van der Waals surface area (Å²) in [5, 5.41) is 4.04. The molecule has 0 aromatic heterocycles. The van der Waals surface area contributed by atoms with Crippen molar-refractivity contribution in [1.82, 2.24) is 5.43 Å². The van der Waals surface area contributed by atoms with Crippen LogP contribution in [0.1, 0.15) is 62.5 Å². The number of carbonyl (C=O) groups excluding carboxylic acids is 2. The highest BCUT2D eigenvalue weighted by atomic mass is 127. The largest absolute Gasteiger partial charge is 0.484 e. The number of nitrogens with one attached hydrogen (secondary N) is 1. The first kappa shape index (κ1) is 31.3. The van der Waals surface area contributed by atoms with E-state index in [0.29, 0.717) is 21.3 Å². The average Bonchev–Trinajstić information content (AvgIpc) is 2.83. The molecule has 0 aliphatic rings. The highest BCUT2D eigenvalue weighted by Crippen LogP contribution is 2.37. The quantitative estimate of drug-likeness (QED) is 0.0782. The minimum Gasteiger partial charge on any atom is -0.484 e. The number of esters is 1. The summed E-state index contributed by atoms with van der Waals surface area (Å²) in [6, 6.07) is 18.5. The van der Waals surface area contributed by atoms with Crippen molar-refractivity contribution in [2.24, 2.45) is 10.5 Å². The summed E-state index contributed by atoms with van der Waals surface area (Å²) in [7, 11) is 0. The summed E-state index contributed by atoms with van der Waals surface area (Å²) in [5.74, 6) is -0.0329. The van der Waals surface area contributed by atoms with E-state index in [1.807, 2.05) is 36.4 Å². The minimum atomic E-state index is -0.497. The van der Waals surface area contributed by atoms with Crippen LogP contribution >= 0.6 is 54.5 Å². The van der Waals surface area contributed by atoms with Gasteiger partial charge in [0.25, 0.3) is 5.91 Å². The molecule has 0 aliphatic carbocycles. The third kappa shape index (κ3) is 9.42. The maximum atomic E-state index is 12.8. The standard InChI is InChI=1S/C30H31Br2IN2O4/c1-29(2,3)18-30(4,5)20-10-12-22(13-11-20)38-17-26(36)35-34-16-19-14-21(31)15-24(32)27(19)39-28(37)23-8-6-7-9-25(23)33/h6-16H,17-18H2,1-5H3,(H,35,36)/b34-16+. The van der Waals surface area contributed by atoms with Crippen molar-refractivity contribution < 1.29 is 19.1 Å². The van der Waals surface area contributed by atoms with Crippen LogP contribution in [-0.2, 0) is 10.2 Å². The zero-order valence-electron chi connectivity index (χ0n) is 22.5. The van der Waals surface area contributed by atoms with Crippen LogP contribution in [0.4, 0.5) is 0 Å². The van der Waals surface area contributed by atoms with Crippen LogP contribution in [0.5, 0.6) is 11.5 Å². The number of hydrogen-bond acceptors (Lipinski definition) is 5. The van der Waals surface area contributed by atoms with Gasteiger partial charge in [0.05, 0.1) is 16.3 Å². The Hall–Kier alpha value is -2.24. The summed E-state index contributed by atoms with van der Waals surface area (Å²) >= 11 is 8.96. The maximum absolute atomic E-state index is 12.8. The average molecular weight is 770 g/mol. The lowest BCUT2D eigenvalue weighted by molar-refractivity contribution is -0.123. The van der Waals surface area contributed by atoms with Crippen molar-refractivity contribution in [1.29, 1.82) is 0 Å². The molecule has 0 unspecified atom stereocenters. The van der Waals surface area contributed by atoms with Gasteiger partial charge < -0.3 is 9.47 Å². The van der Waals surface area contributed by atoms with Gasteiger partial charge in [-0.25, -0.2) is 10.2 Å². The van der Waals surface area contributed by atoms with Gasteiger partial charge in [0.2, 0.25) is 0 Å². The fourth-order valence-electron chi connectivity index (χ4n) is 4.34. The Balaban J connectivity index is 1.61. The molecule has 3 rings (SSSR count). The molecule has 9 heteroatoms. The maximum Gasteiger partial charge on any atom is 0.344 e. The molecule has 1 N–H and O–H groups in total. The highest BCUT2D eigenvalue weighted by Gasteiger charge is 2.27. The SMILES string of the molecule is CC(C)(C)CC(C)(C)c1ccc(OCC(=O)N/N=C/c2cc(Br)cc(Br)c2OC(=O)c2ccccc2I)cc1. The van der Waals surface area contributed by atoms with E-state index in [-0.39, 0.29) is 23.2 Å². The van der Waals surface area contributed by atoms with Crippen LogP contribution in [0.2, 0.25) is 0 Å². The zero-order valence-corrected chi connectivity index (χ0v) is 27.8. The number of ether oxygens (including phenoxy) is 2. The summed E-state index contributed by atoms with van der Waals surface area (Å²) in [5.41, 5.74) is 4.86. The third-order valence-electron chi connectivity index (χ3n) is 5.70. The molecule has 0 atom stereocenters. The number of rotatable bonds is 9. The minimum absolute atomic E-state index is 0.0248. The summed E-state index contributed by atoms with van der Waals surface area (Å²) in [4.78, 5) is 25.1. The van der Waals surface area contributed by atoms with E-state index in [1.165, 1.54) is 11.8 Å². The fraction of sp³-hybridized carbons (Fsp3) is 0.300. The molecular weight excluding hydrogens is 739 g/mol. The van der Waals surface area contributed by atoms with E-state index < -0.39 is 11.9 Å². The van der Waals surface area contributed by atoms with E-state index in [9.17, 15) is 9.59 Å². The molecule has 0 heterocycles. The van der Waals surface area contributed by atoms with Gasteiger partial charge in [0.15, 0.2) is 12.4 Å². The van der Waals surface area contributed by atoms with E-state index >= 15 is 0 Å².